The molecular formula is C23H27ClN4O2. The number of primary amides is 1. The Morgan fingerprint density at radius 2 is 1.80 bits per heavy atom. The van der Waals surface area contributed by atoms with Gasteiger partial charge in [0.15, 0.2) is 5.58 Å². The number of hydrogen-bond acceptors (Lipinski definition) is 5. The summed E-state index contributed by atoms with van der Waals surface area (Å²) in [6.07, 6.45) is 5.94. The van der Waals surface area contributed by atoms with Gasteiger partial charge in [-0.2, -0.15) is 4.98 Å². The number of aromatic nitrogens is 1. The number of fused-ring (bicyclic) bond motifs is 3. The van der Waals surface area contributed by atoms with Crippen LogP contribution in [-0.4, -0.2) is 41.0 Å². The molecule has 0 saturated carbocycles. The van der Waals surface area contributed by atoms with Crippen LogP contribution in [0.4, 0.5) is 11.7 Å². The molecule has 2 bridgehead atoms. The number of nitrogens with two attached hydrogens (primary N) is 1. The number of piperidine rings is 2. The number of carbonyl (C=O) groups is 1. The molecule has 2 aliphatic heterocycles. The highest BCUT2D eigenvalue weighted by Crippen LogP contribution is 2.40. The SMILES string of the molecule is CN1C2CCCC1CC(N(c1ccccc1)c1nc3c(C(N)=O)cccc3o1)C2.Cl. The predicted octanol–water partition coefficient (Wildman–Crippen LogP) is 4.50. The quantitative estimate of drug-likeness (QED) is 0.664. The van der Waals surface area contributed by atoms with E-state index in [1.807, 2.05) is 24.3 Å². The minimum absolute atomic E-state index is 0. The Bertz CT molecular complexity index is 1020. The zero-order chi connectivity index (χ0) is 20.0. The summed E-state index contributed by atoms with van der Waals surface area (Å²) in [7, 11) is 2.26. The Morgan fingerprint density at radius 1 is 1.10 bits per heavy atom. The van der Waals surface area contributed by atoms with Crippen molar-refractivity contribution in [2.24, 2.45) is 5.73 Å². The number of oxazole rings is 1. The Hall–Kier alpha value is -2.57. The molecule has 7 heteroatoms. The number of hydrogen-bond donors (Lipinski definition) is 1. The van der Waals surface area contributed by atoms with Crippen molar-refractivity contribution in [2.75, 3.05) is 11.9 Å². The number of benzene rings is 2. The van der Waals surface area contributed by atoms with Crippen molar-refractivity contribution in [3.8, 4) is 0 Å². The van der Waals surface area contributed by atoms with Crippen LogP contribution in [0.15, 0.2) is 52.9 Å². The van der Waals surface area contributed by atoms with Gasteiger partial charge < -0.3 is 15.1 Å². The van der Waals surface area contributed by atoms with Crippen LogP contribution in [0.5, 0.6) is 0 Å². The number of halogens is 1. The normalized spacial score (nSPS) is 23.7. The molecule has 0 spiro atoms. The lowest BCUT2D eigenvalue weighted by Crippen LogP contribution is -2.54. The van der Waals surface area contributed by atoms with E-state index >= 15 is 0 Å². The highest BCUT2D eigenvalue weighted by atomic mass is 35.5. The summed E-state index contributed by atoms with van der Waals surface area (Å²) < 4.78 is 6.17. The fraction of sp³-hybridized carbons (Fsp3) is 0.391. The largest absolute Gasteiger partial charge is 0.423 e. The number of carbonyl (C=O) groups excluding carboxylic acids is 1. The molecule has 3 aromatic rings. The van der Waals surface area contributed by atoms with Gasteiger partial charge in [-0.15, -0.1) is 12.4 Å². The lowest BCUT2D eigenvalue weighted by molar-refractivity contribution is 0.0563. The van der Waals surface area contributed by atoms with E-state index in [9.17, 15) is 4.79 Å². The smallest absolute Gasteiger partial charge is 0.303 e. The topological polar surface area (TPSA) is 75.6 Å². The highest BCUT2D eigenvalue weighted by Gasteiger charge is 2.40. The Labute approximate surface area is 182 Å². The van der Waals surface area contributed by atoms with Crippen LogP contribution in [0.25, 0.3) is 11.1 Å². The maximum absolute atomic E-state index is 11.9. The monoisotopic (exact) mass is 426 g/mol. The molecule has 2 N–H and O–H groups in total. The number of anilines is 2. The average Bonchev–Trinajstić information content (AvgIpc) is 3.13. The average molecular weight is 427 g/mol. The molecule has 6 nitrogen and oxygen atoms in total. The van der Waals surface area contributed by atoms with Gasteiger partial charge in [0.25, 0.3) is 5.91 Å². The van der Waals surface area contributed by atoms with Crippen LogP contribution in [-0.2, 0) is 0 Å². The first-order valence-corrected chi connectivity index (χ1v) is 10.4. The first-order chi connectivity index (χ1) is 14.1. The zero-order valence-electron chi connectivity index (χ0n) is 17.0. The van der Waals surface area contributed by atoms with Gasteiger partial charge in [0.1, 0.15) is 5.52 Å². The number of amides is 1. The molecule has 2 fully saturated rings. The molecule has 5 rings (SSSR count). The van der Waals surface area contributed by atoms with E-state index < -0.39 is 5.91 Å². The standard InChI is InChI=1S/C23H26N4O2.ClH/c1-26-16-9-5-10-17(26)14-18(13-16)27(15-7-3-2-4-8-15)23-25-21-19(22(24)28)11-6-12-20(21)29-23;/h2-4,6-8,11-12,16-18H,5,9-10,13-14H2,1H3,(H2,24,28);1H. The van der Waals surface area contributed by atoms with Crippen LogP contribution in [0, 0.1) is 0 Å². The maximum atomic E-state index is 11.9. The Balaban J connectivity index is 0.00000218. The van der Waals surface area contributed by atoms with Gasteiger partial charge in [0, 0.05) is 23.8 Å². The van der Waals surface area contributed by atoms with E-state index in [4.69, 9.17) is 15.1 Å². The first kappa shape index (κ1) is 20.7. The van der Waals surface area contributed by atoms with Gasteiger partial charge in [-0.05, 0) is 57.0 Å². The number of para-hydroxylation sites is 2. The molecule has 0 aliphatic carbocycles. The van der Waals surface area contributed by atoms with Crippen LogP contribution < -0.4 is 10.6 Å². The van der Waals surface area contributed by atoms with E-state index in [0.717, 1.165) is 18.5 Å². The summed E-state index contributed by atoms with van der Waals surface area (Å²) in [5.41, 5.74) is 8.13. The molecule has 2 saturated heterocycles. The molecule has 0 radical (unpaired) electrons. The minimum atomic E-state index is -0.490. The third-order valence-corrected chi connectivity index (χ3v) is 6.59. The highest BCUT2D eigenvalue weighted by molar-refractivity contribution is 6.03. The van der Waals surface area contributed by atoms with Crippen LogP contribution in [0.1, 0.15) is 42.5 Å². The first-order valence-electron chi connectivity index (χ1n) is 10.4. The van der Waals surface area contributed by atoms with Gasteiger partial charge in [-0.3, -0.25) is 9.69 Å². The molecule has 158 valence electrons. The van der Waals surface area contributed by atoms with E-state index in [2.05, 4.69) is 29.0 Å². The van der Waals surface area contributed by atoms with Crippen molar-refractivity contribution in [2.45, 2.75) is 50.2 Å². The second-order valence-corrected chi connectivity index (χ2v) is 8.25. The Morgan fingerprint density at radius 3 is 2.47 bits per heavy atom. The third-order valence-electron chi connectivity index (χ3n) is 6.59. The summed E-state index contributed by atoms with van der Waals surface area (Å²) in [5, 5.41) is 0. The van der Waals surface area contributed by atoms with Crippen LogP contribution in [0.3, 0.4) is 0 Å². The summed E-state index contributed by atoms with van der Waals surface area (Å²) in [6.45, 7) is 0. The lowest BCUT2D eigenvalue weighted by Gasteiger charge is -2.49. The Kier molecular flexibility index (Phi) is 5.71. The van der Waals surface area contributed by atoms with Crippen molar-refractivity contribution >= 4 is 41.1 Å². The molecule has 2 aliphatic rings. The van der Waals surface area contributed by atoms with Crippen molar-refractivity contribution < 1.29 is 9.21 Å². The van der Waals surface area contributed by atoms with Gasteiger partial charge in [-0.1, -0.05) is 30.7 Å². The number of rotatable bonds is 4. The molecule has 1 amide bonds. The molecule has 2 unspecified atom stereocenters. The van der Waals surface area contributed by atoms with Gasteiger partial charge in [0.2, 0.25) is 0 Å². The fourth-order valence-electron chi connectivity index (χ4n) is 5.10. The van der Waals surface area contributed by atoms with Gasteiger partial charge >= 0.3 is 6.01 Å². The van der Waals surface area contributed by atoms with E-state index in [-0.39, 0.29) is 12.4 Å². The zero-order valence-corrected chi connectivity index (χ0v) is 17.8. The van der Waals surface area contributed by atoms with Crippen molar-refractivity contribution in [3.05, 3.63) is 54.1 Å². The molecule has 2 aromatic carbocycles. The molecular weight excluding hydrogens is 400 g/mol. The second-order valence-electron chi connectivity index (χ2n) is 8.25. The van der Waals surface area contributed by atoms with E-state index in [0.29, 0.717) is 40.8 Å². The van der Waals surface area contributed by atoms with Crippen LogP contribution in [0.2, 0.25) is 0 Å². The summed E-state index contributed by atoms with van der Waals surface area (Å²) in [4.78, 5) is 21.4. The molecule has 30 heavy (non-hydrogen) atoms. The van der Waals surface area contributed by atoms with Crippen molar-refractivity contribution in [1.82, 2.24) is 9.88 Å². The second kappa shape index (κ2) is 8.28. The lowest BCUT2D eigenvalue weighted by atomic mass is 9.81. The van der Waals surface area contributed by atoms with E-state index in [1.54, 1.807) is 12.1 Å². The molecule has 3 heterocycles. The predicted molar refractivity (Wildman–Crippen MR) is 121 cm³/mol. The van der Waals surface area contributed by atoms with Crippen molar-refractivity contribution in [3.63, 3.8) is 0 Å². The van der Waals surface area contributed by atoms with Gasteiger partial charge in [0.05, 0.1) is 5.56 Å². The molecule has 2 atom stereocenters. The fourth-order valence-corrected chi connectivity index (χ4v) is 5.10. The van der Waals surface area contributed by atoms with Crippen molar-refractivity contribution in [1.29, 1.82) is 0 Å². The van der Waals surface area contributed by atoms with E-state index in [1.165, 1.54) is 19.3 Å². The molecule has 1 aromatic heterocycles. The summed E-state index contributed by atoms with van der Waals surface area (Å²) in [5.74, 6) is -0.490. The summed E-state index contributed by atoms with van der Waals surface area (Å²) >= 11 is 0. The summed E-state index contributed by atoms with van der Waals surface area (Å²) in [6, 6.07) is 17.6. The van der Waals surface area contributed by atoms with Gasteiger partial charge in [-0.25, -0.2) is 0 Å². The minimum Gasteiger partial charge on any atom is -0.423 e. The van der Waals surface area contributed by atoms with Crippen LogP contribution >= 0.6 is 12.4 Å². The third kappa shape index (κ3) is 3.55. The number of nitrogens with zero attached hydrogens (tertiary/aromatic N) is 3. The maximum Gasteiger partial charge on any atom is 0.303 e.